The van der Waals surface area contributed by atoms with Crippen LogP contribution in [0.15, 0.2) is 0 Å². The summed E-state index contributed by atoms with van der Waals surface area (Å²) in [5.74, 6) is 0.179. The molecule has 0 saturated carbocycles. The number of likely N-dealkylation sites (N-methyl/N-ethyl adjacent to an activating group) is 1. The van der Waals surface area contributed by atoms with Gasteiger partial charge in [-0.1, -0.05) is 27.7 Å². The molecule has 0 fully saturated rings. The molecule has 1 radical (unpaired) electrons. The maximum absolute atomic E-state index is 11.9. The van der Waals surface area contributed by atoms with Crippen LogP contribution in [-0.2, 0) is 9.59 Å². The third-order valence-electron chi connectivity index (χ3n) is 2.71. The highest BCUT2D eigenvalue weighted by atomic mass is 16.2. The number of hydrogen-bond acceptors (Lipinski definition) is 2. The molecule has 105 valence electrons. The largest absolute Gasteiger partial charge is 0.357 e. The summed E-state index contributed by atoms with van der Waals surface area (Å²) in [7, 11) is 1.58. The van der Waals surface area contributed by atoms with Crippen molar-refractivity contribution in [1.82, 2.24) is 10.6 Å². The predicted molar refractivity (Wildman–Crippen MR) is 73.8 cm³/mol. The summed E-state index contributed by atoms with van der Waals surface area (Å²) in [4.78, 5) is 23.6. The molecule has 0 aliphatic carbocycles. The second kappa shape index (κ2) is 8.11. The minimum atomic E-state index is -0.459. The zero-order chi connectivity index (χ0) is 14.3. The second-order valence-corrected chi connectivity index (χ2v) is 5.63. The zero-order valence-corrected chi connectivity index (χ0v) is 12.2. The molecule has 0 spiro atoms. The van der Waals surface area contributed by atoms with Gasteiger partial charge in [0.1, 0.15) is 6.04 Å². The summed E-state index contributed by atoms with van der Waals surface area (Å²) in [6.07, 6.45) is 1.37. The van der Waals surface area contributed by atoms with E-state index in [1.54, 1.807) is 7.05 Å². The van der Waals surface area contributed by atoms with E-state index in [4.69, 9.17) is 0 Å². The van der Waals surface area contributed by atoms with Gasteiger partial charge in [-0.2, -0.15) is 0 Å². The minimum Gasteiger partial charge on any atom is -0.357 e. The van der Waals surface area contributed by atoms with Crippen LogP contribution in [0, 0.1) is 24.7 Å². The summed E-state index contributed by atoms with van der Waals surface area (Å²) >= 11 is 0. The van der Waals surface area contributed by atoms with Crippen LogP contribution in [0.4, 0.5) is 0 Å². The molecule has 0 aliphatic heterocycles. The molecule has 0 aromatic heterocycles. The van der Waals surface area contributed by atoms with Crippen molar-refractivity contribution in [2.24, 2.45) is 17.8 Å². The topological polar surface area (TPSA) is 58.2 Å². The van der Waals surface area contributed by atoms with Gasteiger partial charge in [-0.3, -0.25) is 9.59 Å². The molecule has 0 rings (SSSR count). The first kappa shape index (κ1) is 16.9. The summed E-state index contributed by atoms with van der Waals surface area (Å²) in [6, 6.07) is -0.459. The molecule has 0 aliphatic rings. The van der Waals surface area contributed by atoms with Crippen LogP contribution in [0.1, 0.15) is 40.5 Å². The van der Waals surface area contributed by atoms with E-state index in [1.165, 1.54) is 0 Å². The summed E-state index contributed by atoms with van der Waals surface area (Å²) < 4.78 is 0. The number of hydrogen-bond donors (Lipinski definition) is 2. The van der Waals surface area contributed by atoms with E-state index in [9.17, 15) is 9.59 Å². The van der Waals surface area contributed by atoms with Crippen molar-refractivity contribution in [2.75, 3.05) is 7.05 Å². The number of carbonyl (C=O) groups excluding carboxylic acids is 2. The molecule has 2 atom stereocenters. The Labute approximate surface area is 111 Å². The van der Waals surface area contributed by atoms with Gasteiger partial charge in [0, 0.05) is 13.0 Å². The molecule has 0 heterocycles. The Balaban J connectivity index is 4.47. The molecule has 0 aromatic rings. The van der Waals surface area contributed by atoms with Crippen molar-refractivity contribution < 1.29 is 9.59 Å². The minimum absolute atomic E-state index is 0.141. The third kappa shape index (κ3) is 6.62. The third-order valence-corrected chi connectivity index (χ3v) is 2.71. The molecule has 0 bridgehead atoms. The van der Waals surface area contributed by atoms with Crippen LogP contribution in [0.25, 0.3) is 0 Å². The van der Waals surface area contributed by atoms with Gasteiger partial charge in [0.15, 0.2) is 0 Å². The Morgan fingerprint density at radius 1 is 1.00 bits per heavy atom. The number of carbonyl (C=O) groups is 2. The first-order chi connectivity index (χ1) is 8.27. The predicted octanol–water partition coefficient (Wildman–Crippen LogP) is 1.76. The van der Waals surface area contributed by atoms with Crippen LogP contribution >= 0.6 is 0 Å². The van der Waals surface area contributed by atoms with E-state index >= 15 is 0 Å². The Kier molecular flexibility index (Phi) is 7.64. The van der Waals surface area contributed by atoms with E-state index in [0.717, 1.165) is 6.42 Å². The average Bonchev–Trinajstić information content (AvgIpc) is 2.25. The van der Waals surface area contributed by atoms with Gasteiger partial charge in [0.05, 0.1) is 0 Å². The number of nitrogens with one attached hydrogen (secondary N) is 2. The lowest BCUT2D eigenvalue weighted by molar-refractivity contribution is -0.130. The normalized spacial score (nSPS) is 14.4. The highest BCUT2D eigenvalue weighted by Gasteiger charge is 2.23. The van der Waals surface area contributed by atoms with Gasteiger partial charge >= 0.3 is 0 Å². The molecule has 0 unspecified atom stereocenters. The van der Waals surface area contributed by atoms with Gasteiger partial charge < -0.3 is 10.6 Å². The molecule has 18 heavy (non-hydrogen) atoms. The maximum Gasteiger partial charge on any atom is 0.242 e. The van der Waals surface area contributed by atoms with Crippen LogP contribution in [-0.4, -0.2) is 24.9 Å². The maximum atomic E-state index is 11.9. The molecule has 4 nitrogen and oxygen atoms in total. The van der Waals surface area contributed by atoms with Gasteiger partial charge in [-0.05, 0) is 31.6 Å². The molecular formula is C14H27N2O2. The van der Waals surface area contributed by atoms with Crippen LogP contribution < -0.4 is 10.6 Å². The Morgan fingerprint density at radius 2 is 1.50 bits per heavy atom. The van der Waals surface area contributed by atoms with Gasteiger partial charge in [-0.25, -0.2) is 0 Å². The standard InChI is InChI=1S/C14H27N2O2/c1-9(2)7-11(5)13(17)16-12(8-10(3)4)14(18)15-6/h9-12H,5,7-8H2,1-4,6H3,(H,15,18)(H,16,17)/t11-,12-/m0/s1. The summed E-state index contributed by atoms with van der Waals surface area (Å²) in [6.45, 7) is 12.0. The van der Waals surface area contributed by atoms with Crippen molar-refractivity contribution in [3.8, 4) is 0 Å². The average molecular weight is 255 g/mol. The van der Waals surface area contributed by atoms with Gasteiger partial charge in [-0.15, -0.1) is 0 Å². The number of rotatable bonds is 7. The Bertz CT molecular complexity index is 275. The number of amides is 2. The molecule has 0 saturated heterocycles. The van der Waals surface area contributed by atoms with Crippen molar-refractivity contribution in [3.63, 3.8) is 0 Å². The van der Waals surface area contributed by atoms with Crippen LogP contribution in [0.5, 0.6) is 0 Å². The lowest BCUT2D eigenvalue weighted by atomic mass is 9.97. The molecule has 2 N–H and O–H groups in total. The molecule has 2 amide bonds. The molecule has 4 heteroatoms. The van der Waals surface area contributed by atoms with Crippen molar-refractivity contribution in [1.29, 1.82) is 0 Å². The van der Waals surface area contributed by atoms with E-state index in [2.05, 4.69) is 31.4 Å². The zero-order valence-electron chi connectivity index (χ0n) is 12.2. The smallest absolute Gasteiger partial charge is 0.242 e. The second-order valence-electron chi connectivity index (χ2n) is 5.63. The van der Waals surface area contributed by atoms with Crippen LogP contribution in [0.2, 0.25) is 0 Å². The first-order valence-corrected chi connectivity index (χ1v) is 6.62. The monoisotopic (exact) mass is 255 g/mol. The lowest BCUT2D eigenvalue weighted by Gasteiger charge is -2.22. The van der Waals surface area contributed by atoms with Crippen molar-refractivity contribution in [3.05, 3.63) is 6.92 Å². The van der Waals surface area contributed by atoms with Gasteiger partial charge in [0.2, 0.25) is 11.8 Å². The SMILES string of the molecule is [CH2][C@@H](CC(C)C)C(=O)N[C@@H](CC(C)C)C(=O)NC. The van der Waals surface area contributed by atoms with E-state index in [0.29, 0.717) is 18.3 Å². The molecule has 0 aromatic carbocycles. The fourth-order valence-electron chi connectivity index (χ4n) is 1.84. The molecular weight excluding hydrogens is 228 g/mol. The fraction of sp³-hybridized carbons (Fsp3) is 0.786. The van der Waals surface area contributed by atoms with Gasteiger partial charge in [0.25, 0.3) is 0 Å². The Morgan fingerprint density at radius 3 is 1.89 bits per heavy atom. The summed E-state index contributed by atoms with van der Waals surface area (Å²) in [5, 5.41) is 5.37. The van der Waals surface area contributed by atoms with E-state index < -0.39 is 6.04 Å². The van der Waals surface area contributed by atoms with Crippen molar-refractivity contribution in [2.45, 2.75) is 46.6 Å². The van der Waals surface area contributed by atoms with E-state index in [1.807, 2.05) is 13.8 Å². The summed E-state index contributed by atoms with van der Waals surface area (Å²) in [5.41, 5.74) is 0. The van der Waals surface area contributed by atoms with Crippen LogP contribution in [0.3, 0.4) is 0 Å². The first-order valence-electron chi connectivity index (χ1n) is 6.62. The highest BCUT2D eigenvalue weighted by molar-refractivity contribution is 5.88. The van der Waals surface area contributed by atoms with E-state index in [-0.39, 0.29) is 17.7 Å². The quantitative estimate of drug-likeness (QED) is 0.728. The highest BCUT2D eigenvalue weighted by Crippen LogP contribution is 2.12. The lowest BCUT2D eigenvalue weighted by Crippen LogP contribution is -2.48. The fourth-order valence-corrected chi connectivity index (χ4v) is 1.84. The van der Waals surface area contributed by atoms with Crippen molar-refractivity contribution >= 4 is 11.8 Å². The Hall–Kier alpha value is -1.06.